The fraction of sp³-hybridized carbons (Fsp3) is 0.143. The Kier molecular flexibility index (Phi) is 1.70. The average molecular weight is 202 g/mol. The van der Waals surface area contributed by atoms with Gasteiger partial charge in [-0.2, -0.15) is 5.10 Å². The third kappa shape index (κ3) is 1.06. The third-order valence-electron chi connectivity index (χ3n) is 1.67. The molecule has 2 aromatic rings. The zero-order valence-corrected chi connectivity index (χ0v) is 7.76. The lowest BCUT2D eigenvalue weighted by molar-refractivity contribution is 0.797. The Hall–Kier alpha value is -0.800. The van der Waals surface area contributed by atoms with E-state index in [2.05, 4.69) is 10.1 Å². The van der Waals surface area contributed by atoms with E-state index in [0.29, 0.717) is 10.3 Å². The fourth-order valence-electron chi connectivity index (χ4n) is 1.08. The second-order valence-electron chi connectivity index (χ2n) is 2.44. The zero-order chi connectivity index (χ0) is 8.72. The molecule has 0 saturated carbocycles. The van der Waals surface area contributed by atoms with Gasteiger partial charge in [0.2, 0.25) is 0 Å². The summed E-state index contributed by atoms with van der Waals surface area (Å²) in [6, 6.07) is 1.73. The monoisotopic (exact) mass is 201 g/mol. The van der Waals surface area contributed by atoms with E-state index in [1.54, 1.807) is 16.9 Å². The van der Waals surface area contributed by atoms with Crippen LogP contribution in [0.5, 0.6) is 0 Å². The molecule has 0 aliphatic carbocycles. The molecular formula is C7H5Cl2N3. The highest BCUT2D eigenvalue weighted by Crippen LogP contribution is 2.23. The Morgan fingerprint density at radius 2 is 2.17 bits per heavy atom. The molecular weight excluding hydrogens is 197 g/mol. The molecule has 0 unspecified atom stereocenters. The summed E-state index contributed by atoms with van der Waals surface area (Å²) >= 11 is 11.5. The number of hydrogen-bond donors (Lipinski definition) is 0. The molecule has 0 amide bonds. The van der Waals surface area contributed by atoms with E-state index < -0.39 is 0 Å². The first-order chi connectivity index (χ1) is 5.68. The molecule has 2 rings (SSSR count). The molecule has 0 radical (unpaired) electrons. The number of hydrogen-bond acceptors (Lipinski definition) is 2. The van der Waals surface area contributed by atoms with Gasteiger partial charge in [-0.1, -0.05) is 23.2 Å². The van der Waals surface area contributed by atoms with Gasteiger partial charge in [0.15, 0.2) is 0 Å². The van der Waals surface area contributed by atoms with Crippen LogP contribution in [0, 0.1) is 0 Å². The van der Waals surface area contributed by atoms with Crippen molar-refractivity contribution < 1.29 is 0 Å². The standard InChI is InChI=1S/C7H5Cl2N3/c1-12-5-2-6(8)11-7(9)4(5)3-10-12/h2-3H,1H3. The first-order valence-corrected chi connectivity index (χ1v) is 4.08. The predicted octanol–water partition coefficient (Wildman–Crippen LogP) is 2.28. The lowest BCUT2D eigenvalue weighted by Crippen LogP contribution is -1.89. The molecule has 0 atom stereocenters. The normalized spacial score (nSPS) is 10.9. The van der Waals surface area contributed by atoms with Crippen LogP contribution in [0.15, 0.2) is 12.3 Å². The van der Waals surface area contributed by atoms with Gasteiger partial charge in [0.05, 0.1) is 17.1 Å². The summed E-state index contributed by atoms with van der Waals surface area (Å²) in [5.74, 6) is 0. The van der Waals surface area contributed by atoms with Crippen LogP contribution < -0.4 is 0 Å². The Labute approximate surface area is 78.9 Å². The molecule has 0 fully saturated rings. The summed E-state index contributed by atoms with van der Waals surface area (Å²) in [6.07, 6.45) is 1.67. The van der Waals surface area contributed by atoms with E-state index in [0.717, 1.165) is 10.9 Å². The number of halogens is 2. The SMILES string of the molecule is Cn1ncc2c(Cl)nc(Cl)cc21. The van der Waals surface area contributed by atoms with Crippen LogP contribution in [-0.2, 0) is 7.05 Å². The molecule has 62 valence electrons. The number of pyridine rings is 1. The van der Waals surface area contributed by atoms with Gasteiger partial charge in [-0.05, 0) is 0 Å². The smallest absolute Gasteiger partial charge is 0.141 e. The van der Waals surface area contributed by atoms with Crippen LogP contribution in [0.1, 0.15) is 0 Å². The van der Waals surface area contributed by atoms with Gasteiger partial charge in [-0.25, -0.2) is 4.98 Å². The lowest BCUT2D eigenvalue weighted by atomic mass is 10.3. The molecule has 0 spiro atoms. The molecule has 3 nitrogen and oxygen atoms in total. The second kappa shape index (κ2) is 2.61. The van der Waals surface area contributed by atoms with Crippen molar-refractivity contribution in [3.05, 3.63) is 22.6 Å². The largest absolute Gasteiger partial charge is 0.268 e. The number of aromatic nitrogens is 3. The van der Waals surface area contributed by atoms with Crippen LogP contribution in [-0.4, -0.2) is 14.8 Å². The van der Waals surface area contributed by atoms with Crippen molar-refractivity contribution >= 4 is 34.1 Å². The number of rotatable bonds is 0. The van der Waals surface area contributed by atoms with Crippen molar-refractivity contribution in [3.63, 3.8) is 0 Å². The summed E-state index contributed by atoms with van der Waals surface area (Å²) in [6.45, 7) is 0. The minimum Gasteiger partial charge on any atom is -0.268 e. The maximum absolute atomic E-state index is 5.83. The van der Waals surface area contributed by atoms with Crippen molar-refractivity contribution in [1.82, 2.24) is 14.8 Å². The Morgan fingerprint density at radius 1 is 1.42 bits per heavy atom. The Balaban J connectivity index is 2.92. The highest BCUT2D eigenvalue weighted by Gasteiger charge is 2.05. The van der Waals surface area contributed by atoms with Crippen molar-refractivity contribution in [3.8, 4) is 0 Å². The molecule has 12 heavy (non-hydrogen) atoms. The molecule has 0 aliphatic heterocycles. The van der Waals surface area contributed by atoms with E-state index in [-0.39, 0.29) is 0 Å². The van der Waals surface area contributed by atoms with Crippen molar-refractivity contribution in [2.75, 3.05) is 0 Å². The van der Waals surface area contributed by atoms with Crippen molar-refractivity contribution in [1.29, 1.82) is 0 Å². The summed E-state index contributed by atoms with van der Waals surface area (Å²) in [7, 11) is 1.83. The molecule has 0 N–H and O–H groups in total. The van der Waals surface area contributed by atoms with Gasteiger partial charge in [0.25, 0.3) is 0 Å². The molecule has 0 saturated heterocycles. The molecule has 2 aromatic heterocycles. The maximum Gasteiger partial charge on any atom is 0.141 e. The fourth-order valence-corrected chi connectivity index (χ4v) is 1.54. The average Bonchev–Trinajstić information content (AvgIpc) is 2.33. The van der Waals surface area contributed by atoms with Crippen LogP contribution in [0.3, 0.4) is 0 Å². The van der Waals surface area contributed by atoms with E-state index in [4.69, 9.17) is 23.2 Å². The quantitative estimate of drug-likeness (QED) is 0.613. The maximum atomic E-state index is 5.83. The number of nitrogens with zero attached hydrogens (tertiary/aromatic N) is 3. The highest BCUT2D eigenvalue weighted by molar-refractivity contribution is 6.36. The second-order valence-corrected chi connectivity index (χ2v) is 3.18. The zero-order valence-electron chi connectivity index (χ0n) is 6.25. The minimum absolute atomic E-state index is 0.385. The van der Waals surface area contributed by atoms with Crippen LogP contribution in [0.2, 0.25) is 10.3 Å². The van der Waals surface area contributed by atoms with E-state index in [1.165, 1.54) is 0 Å². The minimum atomic E-state index is 0.385. The highest BCUT2D eigenvalue weighted by atomic mass is 35.5. The van der Waals surface area contributed by atoms with E-state index in [9.17, 15) is 0 Å². The lowest BCUT2D eigenvalue weighted by Gasteiger charge is -1.95. The van der Waals surface area contributed by atoms with Gasteiger partial charge in [-0.15, -0.1) is 0 Å². The molecule has 0 aromatic carbocycles. The first-order valence-electron chi connectivity index (χ1n) is 3.32. The van der Waals surface area contributed by atoms with Gasteiger partial charge in [-0.3, -0.25) is 4.68 Å². The summed E-state index contributed by atoms with van der Waals surface area (Å²) in [5.41, 5.74) is 0.889. The number of aryl methyl sites for hydroxylation is 1. The van der Waals surface area contributed by atoms with Crippen molar-refractivity contribution in [2.24, 2.45) is 7.05 Å². The molecule has 5 heteroatoms. The Bertz CT molecular complexity index is 435. The first kappa shape index (κ1) is 7.83. The summed E-state index contributed by atoms with van der Waals surface area (Å²) in [4.78, 5) is 3.89. The van der Waals surface area contributed by atoms with Crippen LogP contribution in [0.25, 0.3) is 10.9 Å². The van der Waals surface area contributed by atoms with Crippen LogP contribution >= 0.6 is 23.2 Å². The van der Waals surface area contributed by atoms with Gasteiger partial charge in [0, 0.05) is 13.1 Å². The summed E-state index contributed by atoms with van der Waals surface area (Å²) < 4.78 is 1.70. The van der Waals surface area contributed by atoms with E-state index >= 15 is 0 Å². The van der Waals surface area contributed by atoms with Crippen molar-refractivity contribution in [2.45, 2.75) is 0 Å². The Morgan fingerprint density at radius 3 is 2.92 bits per heavy atom. The van der Waals surface area contributed by atoms with Gasteiger partial charge in [0.1, 0.15) is 10.3 Å². The molecule has 0 aliphatic rings. The number of fused-ring (bicyclic) bond motifs is 1. The molecule has 0 bridgehead atoms. The third-order valence-corrected chi connectivity index (χ3v) is 2.15. The summed E-state index contributed by atoms with van der Waals surface area (Å²) in [5, 5.41) is 5.63. The van der Waals surface area contributed by atoms with Crippen LogP contribution in [0.4, 0.5) is 0 Å². The molecule has 2 heterocycles. The van der Waals surface area contributed by atoms with E-state index in [1.807, 2.05) is 7.05 Å². The van der Waals surface area contributed by atoms with Gasteiger partial charge >= 0.3 is 0 Å². The topological polar surface area (TPSA) is 30.7 Å². The predicted molar refractivity (Wildman–Crippen MR) is 48.5 cm³/mol. The van der Waals surface area contributed by atoms with Gasteiger partial charge < -0.3 is 0 Å².